The second-order valence-electron chi connectivity index (χ2n) is 9.70. The molecule has 1 aromatic rings. The van der Waals surface area contributed by atoms with E-state index in [1.165, 1.54) is 154 Å². The van der Waals surface area contributed by atoms with Gasteiger partial charge in [-0.05, 0) is 18.6 Å². The van der Waals surface area contributed by atoms with Gasteiger partial charge in [-0.3, -0.25) is 0 Å². The number of unbranched alkanes of at least 4 members (excludes halogenated alkanes) is 22. The number of hydrogen-bond acceptors (Lipinski definition) is 0. The maximum atomic E-state index is 2.30. The molecular weight excluding hydrogens is 362 g/mol. The summed E-state index contributed by atoms with van der Waals surface area (Å²) in [5.41, 5.74) is 0. The Bertz CT molecular complexity index is 408. The normalized spacial score (nSPS) is 11.4. The van der Waals surface area contributed by atoms with Crippen LogP contribution in [0.3, 0.4) is 0 Å². The molecule has 0 aliphatic carbocycles. The third kappa shape index (κ3) is 19.3. The van der Waals surface area contributed by atoms with Gasteiger partial charge >= 0.3 is 0 Å². The lowest BCUT2D eigenvalue weighted by Crippen LogP contribution is -1.93. The van der Waals surface area contributed by atoms with Crippen LogP contribution in [-0.4, -0.2) is 4.57 Å². The highest BCUT2D eigenvalue weighted by Gasteiger charge is 1.96. The number of nitrogens with zero attached hydrogens (tertiary/aromatic N) is 1. The van der Waals surface area contributed by atoms with E-state index in [-0.39, 0.29) is 0 Å². The first-order valence-electron chi connectivity index (χ1n) is 14.0. The molecule has 0 aromatic carbocycles. The van der Waals surface area contributed by atoms with Crippen molar-refractivity contribution in [3.8, 4) is 0 Å². The van der Waals surface area contributed by atoms with E-state index >= 15 is 0 Å². The van der Waals surface area contributed by atoms with Crippen LogP contribution in [-0.2, 0) is 6.54 Å². The highest BCUT2D eigenvalue weighted by molar-refractivity contribution is 4.89. The molecular formula is C29H55N. The van der Waals surface area contributed by atoms with E-state index in [4.69, 9.17) is 0 Å². The van der Waals surface area contributed by atoms with Gasteiger partial charge in [0.25, 0.3) is 0 Å². The number of aromatic nitrogens is 1. The molecule has 30 heavy (non-hydrogen) atoms. The quantitative estimate of drug-likeness (QED) is 0.147. The molecule has 1 heteroatoms. The van der Waals surface area contributed by atoms with Crippen LogP contribution < -0.4 is 0 Å². The Balaban J connectivity index is 1.63. The maximum absolute atomic E-state index is 2.30. The fourth-order valence-corrected chi connectivity index (χ4v) is 4.60. The van der Waals surface area contributed by atoms with E-state index < -0.39 is 0 Å². The molecule has 0 amide bonds. The zero-order chi connectivity index (χ0) is 21.4. The summed E-state index contributed by atoms with van der Waals surface area (Å²) in [6.45, 7) is 3.50. The standard InChI is InChI=1S/C29H55N/c1-2-3-4-5-6-7-8-9-10-11-12-13-14-15-16-17-18-19-20-21-22-23-24-27-30-28-25-26-29-30/h25-26,28-29H,2-24,27H2,1H3. The van der Waals surface area contributed by atoms with Crippen molar-refractivity contribution < 1.29 is 0 Å². The number of rotatable bonds is 24. The second kappa shape index (κ2) is 23.0. The molecule has 0 aliphatic rings. The molecule has 0 bridgehead atoms. The molecule has 0 atom stereocenters. The van der Waals surface area contributed by atoms with Crippen LogP contribution in [0.25, 0.3) is 0 Å². The topological polar surface area (TPSA) is 4.93 Å². The summed E-state index contributed by atoms with van der Waals surface area (Å²) in [7, 11) is 0. The van der Waals surface area contributed by atoms with Crippen LogP contribution in [0.15, 0.2) is 24.5 Å². The predicted octanol–water partition coefficient (Wildman–Crippen LogP) is 10.5. The predicted molar refractivity (Wildman–Crippen MR) is 136 cm³/mol. The maximum Gasteiger partial charge on any atom is 0.0219 e. The molecule has 0 unspecified atom stereocenters. The van der Waals surface area contributed by atoms with E-state index in [1.54, 1.807) is 0 Å². The molecule has 0 saturated heterocycles. The smallest absolute Gasteiger partial charge is 0.0219 e. The summed E-state index contributed by atoms with van der Waals surface area (Å²) in [5, 5.41) is 0. The van der Waals surface area contributed by atoms with Crippen LogP contribution >= 0.6 is 0 Å². The van der Waals surface area contributed by atoms with Crippen molar-refractivity contribution in [2.75, 3.05) is 0 Å². The van der Waals surface area contributed by atoms with Gasteiger partial charge in [0, 0.05) is 18.9 Å². The van der Waals surface area contributed by atoms with E-state index in [0.29, 0.717) is 0 Å². The van der Waals surface area contributed by atoms with E-state index in [1.807, 2.05) is 0 Å². The molecule has 1 rings (SSSR count). The van der Waals surface area contributed by atoms with Crippen LogP contribution in [0, 0.1) is 0 Å². The largest absolute Gasteiger partial charge is 0.354 e. The van der Waals surface area contributed by atoms with Crippen molar-refractivity contribution in [3.63, 3.8) is 0 Å². The Morgan fingerprint density at radius 1 is 0.367 bits per heavy atom. The van der Waals surface area contributed by atoms with Crippen molar-refractivity contribution in [1.29, 1.82) is 0 Å². The van der Waals surface area contributed by atoms with Gasteiger partial charge < -0.3 is 4.57 Å². The fourth-order valence-electron chi connectivity index (χ4n) is 4.60. The highest BCUT2D eigenvalue weighted by atomic mass is 14.9. The molecule has 0 radical (unpaired) electrons. The molecule has 0 aliphatic heterocycles. The zero-order valence-electron chi connectivity index (χ0n) is 20.7. The Morgan fingerprint density at radius 2 is 0.633 bits per heavy atom. The van der Waals surface area contributed by atoms with Crippen molar-refractivity contribution in [2.45, 2.75) is 161 Å². The molecule has 0 spiro atoms. The Labute approximate surface area is 190 Å². The number of aryl methyl sites for hydroxylation is 1. The lowest BCUT2D eigenvalue weighted by molar-refractivity contribution is 0.514. The summed E-state index contributed by atoms with van der Waals surface area (Å²) in [5.74, 6) is 0. The molecule has 1 heterocycles. The molecule has 0 fully saturated rings. The molecule has 0 saturated carbocycles. The summed E-state index contributed by atoms with van der Waals surface area (Å²) >= 11 is 0. The first-order chi connectivity index (χ1) is 14.9. The minimum Gasteiger partial charge on any atom is -0.354 e. The van der Waals surface area contributed by atoms with Gasteiger partial charge in [0.15, 0.2) is 0 Å². The Morgan fingerprint density at radius 3 is 0.933 bits per heavy atom. The van der Waals surface area contributed by atoms with Gasteiger partial charge in [-0.25, -0.2) is 0 Å². The first-order valence-corrected chi connectivity index (χ1v) is 14.0. The van der Waals surface area contributed by atoms with Crippen molar-refractivity contribution >= 4 is 0 Å². The number of hydrogen-bond donors (Lipinski definition) is 0. The third-order valence-electron chi connectivity index (χ3n) is 6.69. The van der Waals surface area contributed by atoms with Crippen LogP contribution in [0.2, 0.25) is 0 Å². The minimum absolute atomic E-state index is 1.20. The van der Waals surface area contributed by atoms with Gasteiger partial charge in [0.05, 0.1) is 0 Å². The molecule has 0 N–H and O–H groups in total. The highest BCUT2D eigenvalue weighted by Crippen LogP contribution is 2.15. The Kier molecular flexibility index (Phi) is 20.9. The van der Waals surface area contributed by atoms with Crippen molar-refractivity contribution in [3.05, 3.63) is 24.5 Å². The van der Waals surface area contributed by atoms with Gasteiger partial charge in [0.2, 0.25) is 0 Å². The van der Waals surface area contributed by atoms with Gasteiger partial charge in [-0.15, -0.1) is 0 Å². The summed E-state index contributed by atoms with van der Waals surface area (Å²) < 4.78 is 2.30. The SMILES string of the molecule is CCCCCCCCCCCCCCCCCCCCCCCCCn1cccc1. The van der Waals surface area contributed by atoms with E-state index in [0.717, 1.165) is 0 Å². The average molecular weight is 418 g/mol. The van der Waals surface area contributed by atoms with Gasteiger partial charge in [0.1, 0.15) is 0 Å². The average Bonchev–Trinajstić information content (AvgIpc) is 3.28. The van der Waals surface area contributed by atoms with Crippen LogP contribution in [0.5, 0.6) is 0 Å². The van der Waals surface area contributed by atoms with Crippen LogP contribution in [0.4, 0.5) is 0 Å². The zero-order valence-corrected chi connectivity index (χ0v) is 20.7. The Hall–Kier alpha value is -0.720. The monoisotopic (exact) mass is 417 g/mol. The van der Waals surface area contributed by atoms with E-state index in [9.17, 15) is 0 Å². The van der Waals surface area contributed by atoms with Gasteiger partial charge in [-0.1, -0.05) is 148 Å². The first kappa shape index (κ1) is 27.3. The third-order valence-corrected chi connectivity index (χ3v) is 6.69. The summed E-state index contributed by atoms with van der Waals surface area (Å²) in [6, 6.07) is 4.25. The summed E-state index contributed by atoms with van der Waals surface area (Å²) in [6.07, 6.45) is 37.9. The van der Waals surface area contributed by atoms with E-state index in [2.05, 4.69) is 36.0 Å². The fraction of sp³-hybridized carbons (Fsp3) is 0.862. The summed E-state index contributed by atoms with van der Waals surface area (Å²) in [4.78, 5) is 0. The van der Waals surface area contributed by atoms with Crippen LogP contribution in [0.1, 0.15) is 155 Å². The lowest BCUT2D eigenvalue weighted by atomic mass is 10.0. The lowest BCUT2D eigenvalue weighted by Gasteiger charge is -2.05. The van der Waals surface area contributed by atoms with Gasteiger partial charge in [-0.2, -0.15) is 0 Å². The second-order valence-corrected chi connectivity index (χ2v) is 9.70. The molecule has 1 nitrogen and oxygen atoms in total. The molecule has 176 valence electrons. The van der Waals surface area contributed by atoms with Crippen molar-refractivity contribution in [2.24, 2.45) is 0 Å². The minimum atomic E-state index is 1.20. The molecule has 1 aromatic heterocycles. The van der Waals surface area contributed by atoms with Crippen molar-refractivity contribution in [1.82, 2.24) is 4.57 Å².